The number of ether oxygens (including phenoxy) is 1. The zero-order valence-electron chi connectivity index (χ0n) is 8.77. The van der Waals surface area contributed by atoms with Gasteiger partial charge in [0.05, 0.1) is 0 Å². The van der Waals surface area contributed by atoms with Gasteiger partial charge in [-0.05, 0) is 18.1 Å². The molecule has 15 heavy (non-hydrogen) atoms. The van der Waals surface area contributed by atoms with Crippen LogP contribution in [0.2, 0.25) is 0 Å². The Hall–Kier alpha value is -1.61. The molecule has 0 aliphatic rings. The average molecular weight is 205 g/mol. The van der Waals surface area contributed by atoms with Crippen LogP contribution in [0.5, 0.6) is 0 Å². The maximum Gasteiger partial charge on any atom is 0.330 e. The lowest BCUT2D eigenvalue weighted by atomic mass is 10.1. The van der Waals surface area contributed by atoms with E-state index in [9.17, 15) is 4.79 Å². The van der Waals surface area contributed by atoms with Crippen LogP contribution in [-0.4, -0.2) is 5.97 Å². The molecule has 80 valence electrons. The van der Waals surface area contributed by atoms with Gasteiger partial charge in [-0.1, -0.05) is 30.8 Å². The van der Waals surface area contributed by atoms with Crippen molar-refractivity contribution >= 4 is 5.97 Å². The van der Waals surface area contributed by atoms with Gasteiger partial charge in [-0.2, -0.15) is 0 Å². The van der Waals surface area contributed by atoms with Crippen LogP contribution in [0.3, 0.4) is 0 Å². The Morgan fingerprint density at radius 1 is 1.67 bits per heavy atom. The molecule has 0 saturated heterocycles. The van der Waals surface area contributed by atoms with Gasteiger partial charge >= 0.3 is 5.97 Å². The van der Waals surface area contributed by atoms with Crippen molar-refractivity contribution in [3.05, 3.63) is 48.0 Å². The van der Waals surface area contributed by atoms with E-state index in [1.165, 1.54) is 0 Å². The molecule has 0 bridgehead atoms. The second-order valence-electron chi connectivity index (χ2n) is 3.23. The highest BCUT2D eigenvalue weighted by Gasteiger charge is 2.09. The largest absolute Gasteiger partial charge is 0.455 e. The quantitative estimate of drug-likeness (QED) is 0.603. The second kappa shape index (κ2) is 5.32. The summed E-state index contributed by atoms with van der Waals surface area (Å²) in [5, 5.41) is 0. The molecule has 0 spiro atoms. The fraction of sp³-hybridized carbons (Fsp3) is 0.250. The highest BCUT2D eigenvalue weighted by atomic mass is 16.5. The molecule has 1 aromatic carbocycles. The van der Waals surface area contributed by atoms with Crippen LogP contribution in [0.25, 0.3) is 0 Å². The smallest absolute Gasteiger partial charge is 0.330 e. The third kappa shape index (κ3) is 3.22. The molecule has 2 N–H and O–H groups in total. The number of nitrogens with two attached hydrogens (primary N) is 1. The Balaban J connectivity index is 2.76. The van der Waals surface area contributed by atoms with Gasteiger partial charge in [-0.25, -0.2) is 4.79 Å². The Labute approximate surface area is 89.5 Å². The summed E-state index contributed by atoms with van der Waals surface area (Å²) >= 11 is 0. The third-order valence-electron chi connectivity index (χ3n) is 2.12. The van der Waals surface area contributed by atoms with Gasteiger partial charge < -0.3 is 10.5 Å². The van der Waals surface area contributed by atoms with Gasteiger partial charge in [-0.3, -0.25) is 0 Å². The predicted octanol–water partition coefficient (Wildman–Crippen LogP) is 1.94. The normalized spacial score (nSPS) is 11.9. The molecular weight excluding hydrogens is 190 g/mol. The Morgan fingerprint density at radius 2 is 2.40 bits per heavy atom. The summed E-state index contributed by atoms with van der Waals surface area (Å²) in [5.74, 6) is -0.416. The summed E-state index contributed by atoms with van der Waals surface area (Å²) in [5.41, 5.74) is 7.48. The summed E-state index contributed by atoms with van der Waals surface area (Å²) in [6.07, 6.45) is 0.880. The van der Waals surface area contributed by atoms with Crippen LogP contribution < -0.4 is 5.73 Å². The van der Waals surface area contributed by atoms with Crippen LogP contribution in [0.1, 0.15) is 24.2 Å². The molecule has 1 rings (SSSR count). The van der Waals surface area contributed by atoms with Crippen molar-refractivity contribution < 1.29 is 9.53 Å². The zero-order valence-corrected chi connectivity index (χ0v) is 8.77. The number of carbonyl (C=O) groups is 1. The third-order valence-corrected chi connectivity index (χ3v) is 2.12. The van der Waals surface area contributed by atoms with Gasteiger partial charge in [0.15, 0.2) is 0 Å². The van der Waals surface area contributed by atoms with Crippen molar-refractivity contribution in [3.63, 3.8) is 0 Å². The maximum atomic E-state index is 11.0. The minimum absolute atomic E-state index is 0.276. The lowest BCUT2D eigenvalue weighted by Crippen LogP contribution is -2.06. The number of benzene rings is 1. The van der Waals surface area contributed by atoms with Gasteiger partial charge in [0.2, 0.25) is 0 Å². The van der Waals surface area contributed by atoms with Crippen molar-refractivity contribution in [2.45, 2.75) is 19.6 Å². The van der Waals surface area contributed by atoms with Gasteiger partial charge in [0.25, 0.3) is 0 Å². The molecule has 1 unspecified atom stereocenters. The molecule has 0 saturated carbocycles. The minimum Gasteiger partial charge on any atom is -0.455 e. The number of hydrogen-bond donors (Lipinski definition) is 1. The Bertz CT molecular complexity index is 360. The molecule has 1 aromatic rings. The standard InChI is InChI=1S/C12H15NO2/c1-3-12(14)15-9(2)11-6-4-5-10(7-11)8-13/h3-7,9H,1,8,13H2,2H3. The summed E-state index contributed by atoms with van der Waals surface area (Å²) in [6, 6.07) is 7.67. The SMILES string of the molecule is C=CC(=O)OC(C)c1cccc(CN)c1. The molecule has 1 atom stereocenters. The molecule has 0 heterocycles. The van der Waals surface area contributed by atoms with Crippen LogP contribution in [-0.2, 0) is 16.1 Å². The summed E-state index contributed by atoms with van der Waals surface area (Å²) in [7, 11) is 0. The molecular formula is C12H15NO2. The molecule has 0 aromatic heterocycles. The van der Waals surface area contributed by atoms with E-state index in [0.717, 1.165) is 17.2 Å². The van der Waals surface area contributed by atoms with Crippen LogP contribution in [0.4, 0.5) is 0 Å². The average Bonchev–Trinajstić information content (AvgIpc) is 2.28. The first-order valence-electron chi connectivity index (χ1n) is 4.79. The van der Waals surface area contributed by atoms with Crippen molar-refractivity contribution in [2.75, 3.05) is 0 Å². The lowest BCUT2D eigenvalue weighted by Gasteiger charge is -2.12. The van der Waals surface area contributed by atoms with E-state index < -0.39 is 5.97 Å². The van der Waals surface area contributed by atoms with Gasteiger partial charge in [-0.15, -0.1) is 0 Å². The van der Waals surface area contributed by atoms with Gasteiger partial charge in [0.1, 0.15) is 6.10 Å². The molecule has 0 fully saturated rings. The first-order valence-corrected chi connectivity index (χ1v) is 4.79. The van der Waals surface area contributed by atoms with E-state index in [4.69, 9.17) is 10.5 Å². The minimum atomic E-state index is -0.416. The van der Waals surface area contributed by atoms with Crippen molar-refractivity contribution in [2.24, 2.45) is 5.73 Å². The summed E-state index contributed by atoms with van der Waals surface area (Å²) < 4.78 is 5.09. The van der Waals surface area contributed by atoms with Crippen molar-refractivity contribution in [1.29, 1.82) is 0 Å². The molecule has 3 nitrogen and oxygen atoms in total. The molecule has 0 radical (unpaired) electrons. The fourth-order valence-electron chi connectivity index (χ4n) is 1.26. The topological polar surface area (TPSA) is 52.3 Å². The van der Waals surface area contributed by atoms with E-state index in [1.807, 2.05) is 31.2 Å². The monoisotopic (exact) mass is 205 g/mol. The van der Waals surface area contributed by atoms with E-state index in [1.54, 1.807) is 0 Å². The Morgan fingerprint density at radius 3 is 3.00 bits per heavy atom. The summed E-state index contributed by atoms with van der Waals surface area (Å²) in [4.78, 5) is 11.0. The second-order valence-corrected chi connectivity index (χ2v) is 3.23. The van der Waals surface area contributed by atoms with Crippen molar-refractivity contribution in [1.82, 2.24) is 0 Å². The maximum absolute atomic E-state index is 11.0. The van der Waals surface area contributed by atoms with E-state index in [2.05, 4.69) is 6.58 Å². The fourth-order valence-corrected chi connectivity index (χ4v) is 1.26. The van der Waals surface area contributed by atoms with Crippen LogP contribution in [0.15, 0.2) is 36.9 Å². The number of rotatable bonds is 4. The van der Waals surface area contributed by atoms with Crippen LogP contribution >= 0.6 is 0 Å². The lowest BCUT2D eigenvalue weighted by molar-refractivity contribution is -0.142. The number of esters is 1. The first kappa shape index (κ1) is 11.5. The predicted molar refractivity (Wildman–Crippen MR) is 59.0 cm³/mol. The first-order chi connectivity index (χ1) is 7.17. The van der Waals surface area contributed by atoms with E-state index in [0.29, 0.717) is 6.54 Å². The molecule has 0 aliphatic carbocycles. The van der Waals surface area contributed by atoms with E-state index >= 15 is 0 Å². The van der Waals surface area contributed by atoms with Crippen molar-refractivity contribution in [3.8, 4) is 0 Å². The molecule has 0 amide bonds. The molecule has 3 heteroatoms. The highest BCUT2D eigenvalue weighted by molar-refractivity contribution is 5.81. The number of carbonyl (C=O) groups excluding carboxylic acids is 1. The highest BCUT2D eigenvalue weighted by Crippen LogP contribution is 2.18. The Kier molecular flexibility index (Phi) is 4.06. The number of hydrogen-bond acceptors (Lipinski definition) is 3. The zero-order chi connectivity index (χ0) is 11.3. The molecule has 0 aliphatic heterocycles. The van der Waals surface area contributed by atoms with Crippen LogP contribution in [0, 0.1) is 0 Å². The summed E-state index contributed by atoms with van der Waals surface area (Å²) in [6.45, 7) is 5.65. The van der Waals surface area contributed by atoms with Gasteiger partial charge in [0, 0.05) is 12.6 Å². The van der Waals surface area contributed by atoms with E-state index in [-0.39, 0.29) is 6.10 Å².